The number of hydrogen-bond acceptors (Lipinski definition) is 5. The van der Waals surface area contributed by atoms with E-state index >= 15 is 0 Å². The van der Waals surface area contributed by atoms with Crippen molar-refractivity contribution in [1.82, 2.24) is 24.1 Å². The summed E-state index contributed by atoms with van der Waals surface area (Å²) in [7, 11) is 2.90. The first-order chi connectivity index (χ1) is 12.4. The Morgan fingerprint density at radius 3 is 2.81 bits per heavy atom. The number of halogens is 1. The zero-order valence-electron chi connectivity index (χ0n) is 14.0. The number of hydrazone groups is 1. The number of aryl methyl sites for hydroxylation is 1. The van der Waals surface area contributed by atoms with Gasteiger partial charge in [0.25, 0.3) is 11.5 Å². The average molecular weight is 419 g/mol. The summed E-state index contributed by atoms with van der Waals surface area (Å²) in [5.74, 6) is -0.425. The Morgan fingerprint density at radius 1 is 1.31 bits per heavy atom. The van der Waals surface area contributed by atoms with Crippen LogP contribution in [-0.4, -0.2) is 30.8 Å². The van der Waals surface area contributed by atoms with Gasteiger partial charge in [-0.1, -0.05) is 28.1 Å². The summed E-state index contributed by atoms with van der Waals surface area (Å²) in [6, 6.07) is 7.43. The van der Waals surface area contributed by atoms with Crippen LogP contribution < -0.4 is 16.7 Å². The molecule has 1 N–H and O–H groups in total. The maximum atomic E-state index is 12.3. The third-order valence-corrected chi connectivity index (χ3v) is 4.28. The van der Waals surface area contributed by atoms with Crippen molar-refractivity contribution in [2.45, 2.75) is 6.54 Å². The van der Waals surface area contributed by atoms with Crippen molar-refractivity contribution in [2.24, 2.45) is 19.2 Å². The van der Waals surface area contributed by atoms with E-state index in [4.69, 9.17) is 0 Å². The molecule has 1 amide bonds. The number of benzene rings is 1. The molecule has 26 heavy (non-hydrogen) atoms. The summed E-state index contributed by atoms with van der Waals surface area (Å²) < 4.78 is 4.53. The molecule has 0 saturated carbocycles. The van der Waals surface area contributed by atoms with Crippen molar-refractivity contribution in [2.75, 3.05) is 0 Å². The van der Waals surface area contributed by atoms with E-state index in [1.807, 2.05) is 24.3 Å². The van der Waals surface area contributed by atoms with Gasteiger partial charge in [0.1, 0.15) is 6.54 Å². The fourth-order valence-electron chi connectivity index (χ4n) is 2.47. The van der Waals surface area contributed by atoms with Crippen LogP contribution in [0.5, 0.6) is 0 Å². The lowest BCUT2D eigenvalue weighted by atomic mass is 10.2. The normalized spacial score (nSPS) is 11.3. The van der Waals surface area contributed by atoms with Gasteiger partial charge in [0.05, 0.1) is 12.5 Å². The highest BCUT2D eigenvalue weighted by Crippen LogP contribution is 2.09. The number of nitrogens with zero attached hydrogens (tertiary/aromatic N) is 5. The molecule has 0 bridgehead atoms. The van der Waals surface area contributed by atoms with Gasteiger partial charge < -0.3 is 4.57 Å². The van der Waals surface area contributed by atoms with Crippen molar-refractivity contribution >= 4 is 39.2 Å². The molecule has 0 fully saturated rings. The molecular weight excluding hydrogens is 404 g/mol. The maximum absolute atomic E-state index is 12.3. The number of imidazole rings is 1. The Balaban J connectivity index is 1.80. The maximum Gasteiger partial charge on any atom is 0.332 e. The first kappa shape index (κ1) is 17.8. The van der Waals surface area contributed by atoms with Gasteiger partial charge in [0.15, 0.2) is 11.2 Å². The van der Waals surface area contributed by atoms with Crippen molar-refractivity contribution in [3.63, 3.8) is 0 Å². The fraction of sp³-hybridized carbons (Fsp3) is 0.188. The van der Waals surface area contributed by atoms with Crippen LogP contribution >= 0.6 is 15.9 Å². The number of carbonyl (C=O) groups excluding carboxylic acids is 1. The molecule has 0 atom stereocenters. The quantitative estimate of drug-likeness (QED) is 0.487. The minimum Gasteiger partial charge on any atom is -0.315 e. The smallest absolute Gasteiger partial charge is 0.315 e. The molecule has 1 aromatic carbocycles. The van der Waals surface area contributed by atoms with Gasteiger partial charge in [-0.25, -0.2) is 15.2 Å². The third-order valence-electron chi connectivity index (χ3n) is 3.78. The largest absolute Gasteiger partial charge is 0.332 e. The summed E-state index contributed by atoms with van der Waals surface area (Å²) in [6.07, 6.45) is 2.86. The third kappa shape index (κ3) is 3.36. The number of fused-ring (bicyclic) bond motifs is 1. The van der Waals surface area contributed by atoms with Crippen LogP contribution in [0, 0.1) is 0 Å². The van der Waals surface area contributed by atoms with E-state index in [9.17, 15) is 14.4 Å². The lowest BCUT2D eigenvalue weighted by molar-refractivity contribution is -0.121. The zero-order chi connectivity index (χ0) is 18.8. The highest BCUT2D eigenvalue weighted by Gasteiger charge is 2.15. The molecule has 0 spiro atoms. The predicted octanol–water partition coefficient (Wildman–Crippen LogP) is 0.347. The van der Waals surface area contributed by atoms with Crippen LogP contribution in [0.3, 0.4) is 0 Å². The molecule has 0 aliphatic rings. The molecule has 0 unspecified atom stereocenters. The van der Waals surface area contributed by atoms with Crippen molar-refractivity contribution < 1.29 is 4.79 Å². The highest BCUT2D eigenvalue weighted by atomic mass is 79.9. The molecule has 0 aliphatic carbocycles. The number of amides is 1. The van der Waals surface area contributed by atoms with Gasteiger partial charge in [-0.05, 0) is 17.7 Å². The Bertz CT molecular complexity index is 1140. The van der Waals surface area contributed by atoms with Crippen LogP contribution in [-0.2, 0) is 25.4 Å². The van der Waals surface area contributed by atoms with Gasteiger partial charge in [0.2, 0.25) is 0 Å². The van der Waals surface area contributed by atoms with E-state index in [0.717, 1.165) is 14.6 Å². The molecule has 2 aromatic heterocycles. The molecule has 0 radical (unpaired) electrons. The van der Waals surface area contributed by atoms with E-state index in [-0.39, 0.29) is 17.7 Å². The summed E-state index contributed by atoms with van der Waals surface area (Å²) in [5, 5.41) is 3.90. The summed E-state index contributed by atoms with van der Waals surface area (Å²) in [5.41, 5.74) is 2.64. The van der Waals surface area contributed by atoms with Crippen LogP contribution in [0.25, 0.3) is 11.2 Å². The predicted molar refractivity (Wildman–Crippen MR) is 100 cm³/mol. The van der Waals surface area contributed by atoms with Gasteiger partial charge in [0, 0.05) is 18.6 Å². The number of rotatable bonds is 4. The molecule has 0 aliphatic heterocycles. The molecule has 3 aromatic rings. The van der Waals surface area contributed by atoms with Crippen molar-refractivity contribution in [1.29, 1.82) is 0 Å². The van der Waals surface area contributed by atoms with Gasteiger partial charge in [-0.2, -0.15) is 5.10 Å². The van der Waals surface area contributed by atoms with Crippen LogP contribution in [0.1, 0.15) is 5.56 Å². The number of nitrogens with one attached hydrogen (secondary N) is 1. The van der Waals surface area contributed by atoms with Gasteiger partial charge in [-0.15, -0.1) is 0 Å². The minimum atomic E-state index is -0.508. The number of hydrogen-bond donors (Lipinski definition) is 1. The van der Waals surface area contributed by atoms with Gasteiger partial charge >= 0.3 is 5.69 Å². The molecule has 0 saturated heterocycles. The Morgan fingerprint density at radius 2 is 2.08 bits per heavy atom. The van der Waals surface area contributed by atoms with Crippen LogP contribution in [0.4, 0.5) is 0 Å². The number of carbonyl (C=O) groups is 1. The van der Waals surface area contributed by atoms with E-state index < -0.39 is 17.2 Å². The lowest BCUT2D eigenvalue weighted by Crippen LogP contribution is -2.38. The SMILES string of the molecule is Cn1c(=O)c2c(ncn2CC(=O)NN=Cc2cccc(Br)c2)n(C)c1=O. The molecule has 9 nitrogen and oxygen atoms in total. The van der Waals surface area contributed by atoms with Crippen molar-refractivity contribution in [3.05, 3.63) is 61.5 Å². The van der Waals surface area contributed by atoms with E-state index in [2.05, 4.69) is 31.4 Å². The second kappa shape index (κ2) is 7.08. The highest BCUT2D eigenvalue weighted by molar-refractivity contribution is 9.10. The Labute approximate surface area is 155 Å². The summed E-state index contributed by atoms with van der Waals surface area (Å²) in [4.78, 5) is 40.4. The Kier molecular flexibility index (Phi) is 4.85. The van der Waals surface area contributed by atoms with E-state index in [0.29, 0.717) is 0 Å². The lowest BCUT2D eigenvalue weighted by Gasteiger charge is -2.06. The number of aromatic nitrogens is 4. The monoisotopic (exact) mass is 418 g/mol. The molecule has 134 valence electrons. The second-order valence-corrected chi connectivity index (χ2v) is 6.51. The molecule has 2 heterocycles. The van der Waals surface area contributed by atoms with Gasteiger partial charge in [-0.3, -0.25) is 18.7 Å². The van der Waals surface area contributed by atoms with Crippen molar-refractivity contribution in [3.8, 4) is 0 Å². The van der Waals surface area contributed by atoms with E-state index in [1.165, 1.54) is 35.8 Å². The first-order valence-electron chi connectivity index (χ1n) is 7.57. The van der Waals surface area contributed by atoms with E-state index in [1.54, 1.807) is 0 Å². The fourth-order valence-corrected chi connectivity index (χ4v) is 2.89. The second-order valence-electron chi connectivity index (χ2n) is 5.60. The summed E-state index contributed by atoms with van der Waals surface area (Å²) in [6.45, 7) is -0.153. The van der Waals surface area contributed by atoms with Crippen LogP contribution in [0.15, 0.2) is 49.8 Å². The molecular formula is C16H15BrN6O3. The first-order valence-corrected chi connectivity index (χ1v) is 8.36. The average Bonchev–Trinajstić information content (AvgIpc) is 3.02. The molecule has 3 rings (SSSR count). The topological polar surface area (TPSA) is 103 Å². The minimum absolute atomic E-state index is 0.153. The molecule has 10 heteroatoms. The summed E-state index contributed by atoms with van der Waals surface area (Å²) >= 11 is 3.35. The van der Waals surface area contributed by atoms with Crippen LogP contribution in [0.2, 0.25) is 0 Å². The standard InChI is InChI=1S/C16H15BrN6O3/c1-21-14-13(15(25)22(2)16(21)26)23(9-18-14)8-12(24)20-19-7-10-4-3-5-11(17)6-10/h3-7,9H,8H2,1-2H3,(H,20,24). The zero-order valence-corrected chi connectivity index (χ0v) is 15.6. The Hall–Kier alpha value is -3.01.